The molecule has 3 aromatic rings. The van der Waals surface area contributed by atoms with Crippen molar-refractivity contribution in [3.63, 3.8) is 0 Å². The van der Waals surface area contributed by atoms with Gasteiger partial charge in [-0.25, -0.2) is 0 Å². The van der Waals surface area contributed by atoms with Gasteiger partial charge in [0.2, 0.25) is 5.16 Å². The molecule has 0 saturated heterocycles. The van der Waals surface area contributed by atoms with Crippen LogP contribution in [0.4, 0.5) is 11.4 Å². The number of hydrogen-bond donors (Lipinski definition) is 1. The van der Waals surface area contributed by atoms with Crippen molar-refractivity contribution in [2.24, 2.45) is 0 Å². The normalized spacial score (nSPS) is 10.6. The molecule has 2 heterocycles. The number of hydrogen-bond acceptors (Lipinski definition) is 8. The van der Waals surface area contributed by atoms with Gasteiger partial charge in [0, 0.05) is 6.07 Å². The number of H-pyrrole nitrogens is 1. The van der Waals surface area contributed by atoms with Crippen LogP contribution >= 0.6 is 11.8 Å². The van der Waals surface area contributed by atoms with Crippen LogP contribution in [-0.2, 0) is 0 Å². The Labute approximate surface area is 131 Å². The van der Waals surface area contributed by atoms with Gasteiger partial charge < -0.3 is 4.42 Å². The summed E-state index contributed by atoms with van der Waals surface area (Å²) in [5.74, 6) is 0.851. The summed E-state index contributed by atoms with van der Waals surface area (Å²) >= 11 is 0.922. The van der Waals surface area contributed by atoms with E-state index in [-0.39, 0.29) is 21.4 Å². The molecule has 0 radical (unpaired) electrons. The van der Waals surface area contributed by atoms with E-state index in [4.69, 9.17) is 4.42 Å². The molecule has 11 heteroatoms. The van der Waals surface area contributed by atoms with E-state index in [1.807, 2.05) is 0 Å². The highest BCUT2D eigenvalue weighted by Gasteiger charge is 2.21. The van der Waals surface area contributed by atoms with Crippen LogP contribution in [0.1, 0.15) is 0 Å². The fourth-order valence-corrected chi connectivity index (χ4v) is 2.56. The molecule has 2 aromatic heterocycles. The van der Waals surface area contributed by atoms with Crippen LogP contribution in [0.5, 0.6) is 0 Å². The van der Waals surface area contributed by atoms with Crippen LogP contribution in [0.25, 0.3) is 11.6 Å². The SMILES string of the molecule is O=[N+]([O-])c1ccc(Sc2n[nH]c(-c3ccco3)n2)c([N+](=O)[O-])c1. The molecule has 0 amide bonds. The van der Waals surface area contributed by atoms with Gasteiger partial charge >= 0.3 is 0 Å². The van der Waals surface area contributed by atoms with Gasteiger partial charge in [0.1, 0.15) is 0 Å². The zero-order valence-electron chi connectivity index (χ0n) is 11.2. The van der Waals surface area contributed by atoms with Gasteiger partial charge in [0.05, 0.1) is 27.1 Å². The summed E-state index contributed by atoms with van der Waals surface area (Å²) < 4.78 is 5.16. The highest BCUT2D eigenvalue weighted by molar-refractivity contribution is 7.99. The van der Waals surface area contributed by atoms with E-state index in [1.54, 1.807) is 12.1 Å². The molecule has 0 fully saturated rings. The molecule has 1 aromatic carbocycles. The number of nitrogens with one attached hydrogen (secondary N) is 1. The summed E-state index contributed by atoms with van der Waals surface area (Å²) in [6.45, 7) is 0. The summed E-state index contributed by atoms with van der Waals surface area (Å²) in [4.78, 5) is 24.8. The van der Waals surface area contributed by atoms with Crippen LogP contribution < -0.4 is 0 Å². The molecular formula is C12H7N5O5S. The summed E-state index contributed by atoms with van der Waals surface area (Å²) in [7, 11) is 0. The lowest BCUT2D eigenvalue weighted by molar-refractivity contribution is -0.396. The third kappa shape index (κ3) is 3.03. The molecule has 0 aliphatic carbocycles. The summed E-state index contributed by atoms with van der Waals surface area (Å²) in [5, 5.41) is 28.6. The summed E-state index contributed by atoms with van der Waals surface area (Å²) in [6, 6.07) is 6.76. The number of non-ortho nitro benzene ring substituents is 1. The predicted molar refractivity (Wildman–Crippen MR) is 78.0 cm³/mol. The van der Waals surface area contributed by atoms with Gasteiger partial charge in [-0.05, 0) is 30.0 Å². The van der Waals surface area contributed by atoms with E-state index in [9.17, 15) is 20.2 Å². The quantitative estimate of drug-likeness (QED) is 0.554. The van der Waals surface area contributed by atoms with Crippen molar-refractivity contribution < 1.29 is 14.3 Å². The first-order valence-electron chi connectivity index (χ1n) is 6.11. The van der Waals surface area contributed by atoms with Crippen LogP contribution in [-0.4, -0.2) is 25.0 Å². The minimum absolute atomic E-state index is 0.200. The van der Waals surface area contributed by atoms with Crippen LogP contribution in [0.3, 0.4) is 0 Å². The standard InChI is InChI=1S/C12H7N5O5S/c18-16(19)7-3-4-10(8(6-7)17(20)21)23-12-13-11(14-15-12)9-2-1-5-22-9/h1-6H,(H,13,14,15). The van der Waals surface area contributed by atoms with E-state index in [1.165, 1.54) is 18.4 Å². The number of nitrogens with zero attached hydrogens (tertiary/aromatic N) is 4. The molecule has 0 atom stereocenters. The topological polar surface area (TPSA) is 141 Å². The Morgan fingerprint density at radius 2 is 2.00 bits per heavy atom. The highest BCUT2D eigenvalue weighted by Crippen LogP contribution is 2.35. The maximum Gasteiger partial charge on any atom is 0.290 e. The van der Waals surface area contributed by atoms with E-state index in [2.05, 4.69) is 15.2 Å². The fourth-order valence-electron chi connectivity index (χ4n) is 1.76. The monoisotopic (exact) mass is 333 g/mol. The number of aromatic nitrogens is 3. The molecule has 116 valence electrons. The summed E-state index contributed by atoms with van der Waals surface area (Å²) in [6.07, 6.45) is 1.48. The van der Waals surface area contributed by atoms with E-state index in [0.717, 1.165) is 17.8 Å². The molecule has 0 saturated carbocycles. The zero-order valence-corrected chi connectivity index (χ0v) is 12.0. The molecule has 3 rings (SSSR count). The van der Waals surface area contributed by atoms with Crippen LogP contribution in [0.15, 0.2) is 51.1 Å². The Balaban J connectivity index is 1.91. The van der Waals surface area contributed by atoms with Gasteiger partial charge in [-0.2, -0.15) is 4.98 Å². The van der Waals surface area contributed by atoms with Gasteiger partial charge in [0.15, 0.2) is 11.6 Å². The van der Waals surface area contributed by atoms with Gasteiger partial charge in [0.25, 0.3) is 11.4 Å². The maximum atomic E-state index is 11.1. The second-order valence-electron chi connectivity index (χ2n) is 4.21. The molecule has 0 spiro atoms. The number of nitro benzene ring substituents is 2. The lowest BCUT2D eigenvalue weighted by Crippen LogP contribution is -1.94. The smallest absolute Gasteiger partial charge is 0.290 e. The molecular weight excluding hydrogens is 326 g/mol. The van der Waals surface area contributed by atoms with Crippen LogP contribution in [0.2, 0.25) is 0 Å². The number of nitro groups is 2. The maximum absolute atomic E-state index is 11.1. The lowest BCUT2D eigenvalue weighted by Gasteiger charge is -1.99. The van der Waals surface area contributed by atoms with Gasteiger partial charge in [-0.15, -0.1) is 5.10 Å². The minimum Gasteiger partial charge on any atom is -0.461 e. The average Bonchev–Trinajstić information content (AvgIpc) is 3.17. The highest BCUT2D eigenvalue weighted by atomic mass is 32.2. The summed E-state index contributed by atoms with van der Waals surface area (Å²) in [5.41, 5.74) is -0.735. The third-order valence-corrected chi connectivity index (χ3v) is 3.70. The Morgan fingerprint density at radius 1 is 1.17 bits per heavy atom. The van der Waals surface area contributed by atoms with Crippen molar-refractivity contribution in [2.75, 3.05) is 0 Å². The number of aromatic amines is 1. The first-order valence-corrected chi connectivity index (χ1v) is 6.93. The van der Waals surface area contributed by atoms with E-state index in [0.29, 0.717) is 11.6 Å². The number of furan rings is 1. The Bertz CT molecular complexity index is 876. The lowest BCUT2D eigenvalue weighted by atomic mass is 10.3. The molecule has 0 aliphatic rings. The largest absolute Gasteiger partial charge is 0.461 e. The third-order valence-electron chi connectivity index (χ3n) is 2.77. The molecule has 23 heavy (non-hydrogen) atoms. The average molecular weight is 333 g/mol. The van der Waals surface area contributed by atoms with Crippen molar-refractivity contribution in [2.45, 2.75) is 10.1 Å². The molecule has 10 nitrogen and oxygen atoms in total. The van der Waals surface area contributed by atoms with Gasteiger partial charge in [-0.3, -0.25) is 25.3 Å². The number of benzene rings is 1. The molecule has 0 aliphatic heterocycles. The Hall–Kier alpha value is -3.21. The molecule has 0 bridgehead atoms. The van der Waals surface area contributed by atoms with Crippen molar-refractivity contribution in [3.8, 4) is 11.6 Å². The second-order valence-corrected chi connectivity index (χ2v) is 5.22. The van der Waals surface area contributed by atoms with Crippen molar-refractivity contribution >= 4 is 23.1 Å². The number of rotatable bonds is 5. The molecule has 0 unspecified atom stereocenters. The van der Waals surface area contributed by atoms with Crippen molar-refractivity contribution in [1.82, 2.24) is 15.2 Å². The van der Waals surface area contributed by atoms with E-state index < -0.39 is 9.85 Å². The first kappa shape index (κ1) is 14.7. The second kappa shape index (κ2) is 5.88. The first-order chi connectivity index (χ1) is 11.0. The fraction of sp³-hybridized carbons (Fsp3) is 0. The predicted octanol–water partition coefficient (Wildman–Crippen LogP) is 3.03. The Kier molecular flexibility index (Phi) is 3.76. The van der Waals surface area contributed by atoms with Crippen molar-refractivity contribution in [1.29, 1.82) is 0 Å². The zero-order chi connectivity index (χ0) is 16.4. The van der Waals surface area contributed by atoms with Crippen LogP contribution in [0, 0.1) is 20.2 Å². The van der Waals surface area contributed by atoms with Crippen molar-refractivity contribution in [3.05, 3.63) is 56.8 Å². The van der Waals surface area contributed by atoms with Gasteiger partial charge in [-0.1, -0.05) is 0 Å². The molecule has 1 N–H and O–H groups in total. The minimum atomic E-state index is -0.691. The van der Waals surface area contributed by atoms with E-state index >= 15 is 0 Å². The Morgan fingerprint density at radius 3 is 2.65 bits per heavy atom.